The summed E-state index contributed by atoms with van der Waals surface area (Å²) in [5, 5.41) is 0. The van der Waals surface area contributed by atoms with Gasteiger partial charge in [0.25, 0.3) is 0 Å². The molecule has 4 heteroatoms. The van der Waals surface area contributed by atoms with Crippen LogP contribution in [0.3, 0.4) is 0 Å². The molecule has 2 N–H and O–H groups in total. The van der Waals surface area contributed by atoms with Gasteiger partial charge in [-0.2, -0.15) is 0 Å². The van der Waals surface area contributed by atoms with Crippen LogP contribution in [0.4, 0.5) is 0 Å². The molecule has 1 aromatic heterocycles. The first-order valence-corrected chi connectivity index (χ1v) is 8.14. The molecule has 0 amide bonds. The van der Waals surface area contributed by atoms with Crippen LogP contribution in [0.5, 0.6) is 0 Å². The van der Waals surface area contributed by atoms with Crippen molar-refractivity contribution in [2.24, 2.45) is 5.73 Å². The van der Waals surface area contributed by atoms with E-state index in [0.717, 1.165) is 24.4 Å². The molecule has 1 saturated carbocycles. The highest BCUT2D eigenvalue weighted by Crippen LogP contribution is 2.24. The van der Waals surface area contributed by atoms with Gasteiger partial charge in [0.2, 0.25) is 0 Å². The minimum Gasteiger partial charge on any atom is -0.329 e. The summed E-state index contributed by atoms with van der Waals surface area (Å²) < 4.78 is 2.29. The zero-order valence-electron chi connectivity index (χ0n) is 13.0. The van der Waals surface area contributed by atoms with Crippen LogP contribution in [-0.2, 0) is 13.1 Å². The van der Waals surface area contributed by atoms with Gasteiger partial charge in [0, 0.05) is 19.1 Å². The smallest absolute Gasteiger partial charge is 0.124 e. The molecule has 4 nitrogen and oxygen atoms in total. The van der Waals surface area contributed by atoms with Crippen LogP contribution in [0.2, 0.25) is 0 Å². The summed E-state index contributed by atoms with van der Waals surface area (Å²) in [4.78, 5) is 7.31. The molecule has 21 heavy (non-hydrogen) atoms. The van der Waals surface area contributed by atoms with E-state index in [1.165, 1.54) is 37.6 Å². The third kappa shape index (κ3) is 3.11. The summed E-state index contributed by atoms with van der Waals surface area (Å²) in [5.74, 6) is 1.15. The lowest BCUT2D eigenvalue weighted by Gasteiger charge is -2.31. The number of aromatic nitrogens is 2. The van der Waals surface area contributed by atoms with Crippen molar-refractivity contribution in [3.8, 4) is 0 Å². The quantitative estimate of drug-likeness (QED) is 0.919. The first-order chi connectivity index (χ1) is 10.3. The number of nitrogens with two attached hydrogens (primary N) is 1. The second-order valence-corrected chi connectivity index (χ2v) is 6.16. The zero-order chi connectivity index (χ0) is 14.7. The molecule has 0 unspecified atom stereocenters. The van der Waals surface area contributed by atoms with Gasteiger partial charge >= 0.3 is 0 Å². The maximum Gasteiger partial charge on any atom is 0.124 e. The third-order valence-electron chi connectivity index (χ3n) is 4.68. The van der Waals surface area contributed by atoms with E-state index in [-0.39, 0.29) is 0 Å². The molecule has 0 saturated heterocycles. The Morgan fingerprint density at radius 1 is 1.24 bits per heavy atom. The second-order valence-electron chi connectivity index (χ2n) is 6.16. The number of benzene rings is 1. The molecule has 1 aliphatic carbocycles. The fraction of sp³-hybridized carbons (Fsp3) is 0.588. The Hall–Kier alpha value is -1.39. The number of hydrogen-bond donors (Lipinski definition) is 1. The van der Waals surface area contributed by atoms with Crippen molar-refractivity contribution in [1.82, 2.24) is 14.5 Å². The van der Waals surface area contributed by atoms with E-state index in [2.05, 4.69) is 40.8 Å². The first kappa shape index (κ1) is 14.5. The van der Waals surface area contributed by atoms with Crippen molar-refractivity contribution >= 4 is 11.0 Å². The summed E-state index contributed by atoms with van der Waals surface area (Å²) >= 11 is 0. The average molecular weight is 286 g/mol. The minimum atomic E-state index is 0.653. The molecule has 0 radical (unpaired) electrons. The Kier molecular flexibility index (Phi) is 4.56. The molecule has 0 spiro atoms. The molecule has 1 aromatic carbocycles. The fourth-order valence-electron chi connectivity index (χ4n) is 3.50. The predicted octanol–water partition coefficient (Wildman–Crippen LogP) is 2.76. The molecule has 1 aliphatic rings. The van der Waals surface area contributed by atoms with E-state index < -0.39 is 0 Å². The van der Waals surface area contributed by atoms with Crippen LogP contribution in [0, 0.1) is 0 Å². The van der Waals surface area contributed by atoms with E-state index in [1.807, 2.05) is 0 Å². The molecule has 1 heterocycles. The maximum atomic E-state index is 5.79. The lowest BCUT2D eigenvalue weighted by atomic mass is 9.94. The third-order valence-corrected chi connectivity index (χ3v) is 4.68. The Morgan fingerprint density at radius 3 is 2.76 bits per heavy atom. The number of rotatable bonds is 5. The Balaban J connectivity index is 1.83. The van der Waals surface area contributed by atoms with Gasteiger partial charge in [-0.05, 0) is 32.0 Å². The highest BCUT2D eigenvalue weighted by atomic mass is 15.2. The van der Waals surface area contributed by atoms with E-state index in [1.54, 1.807) is 0 Å². The van der Waals surface area contributed by atoms with E-state index in [0.29, 0.717) is 12.6 Å². The van der Waals surface area contributed by atoms with E-state index in [4.69, 9.17) is 10.7 Å². The van der Waals surface area contributed by atoms with Crippen molar-refractivity contribution < 1.29 is 0 Å². The van der Waals surface area contributed by atoms with Crippen molar-refractivity contribution in [3.63, 3.8) is 0 Å². The second kappa shape index (κ2) is 6.58. The van der Waals surface area contributed by atoms with Crippen molar-refractivity contribution in [2.45, 2.75) is 51.2 Å². The molecule has 114 valence electrons. The molecule has 0 atom stereocenters. The Bertz CT molecular complexity index is 583. The summed E-state index contributed by atoms with van der Waals surface area (Å²) in [5.41, 5.74) is 8.08. The molecule has 2 aromatic rings. The summed E-state index contributed by atoms with van der Waals surface area (Å²) in [6.07, 6.45) is 6.79. The lowest BCUT2D eigenvalue weighted by molar-refractivity contribution is 0.179. The normalized spacial score (nSPS) is 16.9. The number of nitrogens with zero attached hydrogens (tertiary/aromatic N) is 3. The molecular formula is C17H26N4. The SMILES string of the molecule is CN(Cc1nc2ccccc2n1CCN)C1CCCCC1. The van der Waals surface area contributed by atoms with Crippen LogP contribution in [0.25, 0.3) is 11.0 Å². The summed E-state index contributed by atoms with van der Waals surface area (Å²) in [6, 6.07) is 9.07. The van der Waals surface area contributed by atoms with Crippen LogP contribution >= 0.6 is 0 Å². The van der Waals surface area contributed by atoms with Crippen molar-refractivity contribution in [2.75, 3.05) is 13.6 Å². The Morgan fingerprint density at radius 2 is 2.00 bits per heavy atom. The molecule has 0 bridgehead atoms. The monoisotopic (exact) mass is 286 g/mol. The van der Waals surface area contributed by atoms with Gasteiger partial charge in [-0.1, -0.05) is 31.4 Å². The molecule has 0 aliphatic heterocycles. The Labute approximate surface area is 126 Å². The van der Waals surface area contributed by atoms with Gasteiger partial charge in [-0.15, -0.1) is 0 Å². The van der Waals surface area contributed by atoms with E-state index in [9.17, 15) is 0 Å². The zero-order valence-corrected chi connectivity index (χ0v) is 13.0. The molecule has 3 rings (SSSR count). The van der Waals surface area contributed by atoms with Crippen LogP contribution in [0.1, 0.15) is 37.9 Å². The van der Waals surface area contributed by atoms with Gasteiger partial charge in [-0.3, -0.25) is 4.90 Å². The number of imidazole rings is 1. The summed E-state index contributed by atoms with van der Waals surface area (Å²) in [6.45, 7) is 2.41. The average Bonchev–Trinajstić information content (AvgIpc) is 2.86. The standard InChI is InChI=1S/C17H26N4/c1-20(14-7-3-2-4-8-14)13-17-19-15-9-5-6-10-16(15)21(17)12-11-18/h5-6,9-10,14H,2-4,7-8,11-13,18H2,1H3. The van der Waals surface area contributed by atoms with Crippen LogP contribution in [-0.4, -0.2) is 34.1 Å². The maximum absolute atomic E-state index is 5.79. The van der Waals surface area contributed by atoms with Crippen LogP contribution < -0.4 is 5.73 Å². The number of para-hydroxylation sites is 2. The van der Waals surface area contributed by atoms with Gasteiger partial charge in [0.1, 0.15) is 5.82 Å². The largest absolute Gasteiger partial charge is 0.329 e. The first-order valence-electron chi connectivity index (χ1n) is 8.14. The van der Waals surface area contributed by atoms with E-state index >= 15 is 0 Å². The highest BCUT2D eigenvalue weighted by Gasteiger charge is 2.20. The van der Waals surface area contributed by atoms with Gasteiger partial charge < -0.3 is 10.3 Å². The van der Waals surface area contributed by atoms with Crippen molar-refractivity contribution in [3.05, 3.63) is 30.1 Å². The van der Waals surface area contributed by atoms with Crippen molar-refractivity contribution in [1.29, 1.82) is 0 Å². The van der Waals surface area contributed by atoms with Gasteiger partial charge in [0.05, 0.1) is 17.6 Å². The topological polar surface area (TPSA) is 47.1 Å². The predicted molar refractivity (Wildman–Crippen MR) is 87.1 cm³/mol. The van der Waals surface area contributed by atoms with Gasteiger partial charge in [0.15, 0.2) is 0 Å². The minimum absolute atomic E-state index is 0.653. The molecule has 1 fully saturated rings. The fourth-order valence-corrected chi connectivity index (χ4v) is 3.50. The van der Waals surface area contributed by atoms with Crippen LogP contribution in [0.15, 0.2) is 24.3 Å². The highest BCUT2D eigenvalue weighted by molar-refractivity contribution is 5.75. The number of hydrogen-bond acceptors (Lipinski definition) is 3. The molecular weight excluding hydrogens is 260 g/mol. The lowest BCUT2D eigenvalue weighted by Crippen LogP contribution is -2.34. The van der Waals surface area contributed by atoms with Gasteiger partial charge in [-0.25, -0.2) is 4.98 Å². The summed E-state index contributed by atoms with van der Waals surface area (Å²) in [7, 11) is 2.24. The number of fused-ring (bicyclic) bond motifs is 1.